The number of thiophene rings is 2. The molecule has 0 spiro atoms. The molecular weight excluding hydrogens is 308 g/mol. The summed E-state index contributed by atoms with van der Waals surface area (Å²) in [7, 11) is 0. The lowest BCUT2D eigenvalue weighted by atomic mass is 10.2. The van der Waals surface area contributed by atoms with Gasteiger partial charge in [0.2, 0.25) is 0 Å². The maximum atomic E-state index is 6.06. The summed E-state index contributed by atoms with van der Waals surface area (Å²) < 4.78 is 0.821. The van der Waals surface area contributed by atoms with Crippen LogP contribution in [0.25, 0.3) is 0 Å². The van der Waals surface area contributed by atoms with Crippen LogP contribution in [0.4, 0.5) is 0 Å². The molecule has 0 aliphatic carbocycles. The highest BCUT2D eigenvalue weighted by Gasteiger charge is 2.16. The highest BCUT2D eigenvalue weighted by Crippen LogP contribution is 2.33. The van der Waals surface area contributed by atoms with Gasteiger partial charge in [-0.25, -0.2) is 0 Å². The van der Waals surface area contributed by atoms with Gasteiger partial charge in [-0.3, -0.25) is 10.3 Å². The lowest BCUT2D eigenvalue weighted by Gasteiger charge is -2.15. The Labute approximate surface area is 131 Å². The van der Waals surface area contributed by atoms with Gasteiger partial charge in [-0.2, -0.15) is 0 Å². The highest BCUT2D eigenvalue weighted by molar-refractivity contribution is 7.16. The Morgan fingerprint density at radius 3 is 2.70 bits per heavy atom. The molecule has 0 saturated carbocycles. The van der Waals surface area contributed by atoms with Crippen LogP contribution in [0.1, 0.15) is 21.5 Å². The van der Waals surface area contributed by atoms with Crippen molar-refractivity contribution in [3.05, 3.63) is 73.8 Å². The van der Waals surface area contributed by atoms with Gasteiger partial charge in [0.05, 0.1) is 16.1 Å². The van der Waals surface area contributed by atoms with E-state index in [1.165, 1.54) is 9.75 Å². The minimum absolute atomic E-state index is 0.175. The largest absolute Gasteiger partial charge is 0.299 e. The standard InChI is InChI=1S/C15H13ClN2S2/c16-14-7-6-13(20-14)15(12-5-3-9-19-12)18-10-11-4-1-2-8-17-11/h1-9,15,18H,10H2. The Kier molecular flexibility index (Phi) is 4.47. The summed E-state index contributed by atoms with van der Waals surface area (Å²) in [5, 5.41) is 5.66. The van der Waals surface area contributed by atoms with Crippen LogP contribution in [0.3, 0.4) is 0 Å². The molecule has 0 amide bonds. The second-order valence-electron chi connectivity index (χ2n) is 4.29. The molecule has 0 aromatic carbocycles. The number of nitrogens with zero attached hydrogens (tertiary/aromatic N) is 1. The van der Waals surface area contributed by atoms with Crippen molar-refractivity contribution in [3.63, 3.8) is 0 Å². The van der Waals surface area contributed by atoms with Gasteiger partial charge in [-0.05, 0) is 35.7 Å². The second kappa shape index (κ2) is 6.50. The zero-order chi connectivity index (χ0) is 13.8. The Morgan fingerprint density at radius 1 is 1.10 bits per heavy atom. The van der Waals surface area contributed by atoms with Crippen molar-refractivity contribution < 1.29 is 0 Å². The van der Waals surface area contributed by atoms with E-state index >= 15 is 0 Å². The third-order valence-corrected chi connectivity index (χ3v) is 5.15. The van der Waals surface area contributed by atoms with Gasteiger partial charge in [0.25, 0.3) is 0 Å². The fourth-order valence-electron chi connectivity index (χ4n) is 1.99. The van der Waals surface area contributed by atoms with Gasteiger partial charge < -0.3 is 0 Å². The van der Waals surface area contributed by atoms with Crippen LogP contribution >= 0.6 is 34.3 Å². The van der Waals surface area contributed by atoms with E-state index in [2.05, 4.69) is 33.9 Å². The lowest BCUT2D eigenvalue weighted by molar-refractivity contribution is 0.612. The molecule has 0 fully saturated rings. The summed E-state index contributed by atoms with van der Waals surface area (Å²) in [5.74, 6) is 0. The van der Waals surface area contributed by atoms with Crippen molar-refractivity contribution in [2.24, 2.45) is 0 Å². The molecule has 0 aliphatic heterocycles. The van der Waals surface area contributed by atoms with Gasteiger partial charge in [-0.15, -0.1) is 22.7 Å². The summed E-state index contributed by atoms with van der Waals surface area (Å²) in [6.45, 7) is 0.735. The van der Waals surface area contributed by atoms with E-state index in [-0.39, 0.29) is 6.04 Å². The molecule has 1 unspecified atom stereocenters. The number of halogens is 1. The molecule has 0 saturated heterocycles. The first-order valence-corrected chi connectivity index (χ1v) is 8.32. The van der Waals surface area contributed by atoms with E-state index in [1.54, 1.807) is 22.7 Å². The highest BCUT2D eigenvalue weighted by atomic mass is 35.5. The van der Waals surface area contributed by atoms with Crippen LogP contribution in [0.5, 0.6) is 0 Å². The minimum Gasteiger partial charge on any atom is -0.299 e. The summed E-state index contributed by atoms with van der Waals surface area (Å²) >= 11 is 9.43. The Morgan fingerprint density at radius 2 is 2.05 bits per heavy atom. The predicted molar refractivity (Wildman–Crippen MR) is 86.6 cm³/mol. The average molecular weight is 321 g/mol. The molecule has 2 nitrogen and oxygen atoms in total. The second-order valence-corrected chi connectivity index (χ2v) is 7.02. The maximum absolute atomic E-state index is 6.06. The molecule has 20 heavy (non-hydrogen) atoms. The molecular formula is C15H13ClN2S2. The molecule has 3 rings (SSSR count). The monoisotopic (exact) mass is 320 g/mol. The maximum Gasteiger partial charge on any atom is 0.0931 e. The van der Waals surface area contributed by atoms with Crippen LogP contribution in [-0.2, 0) is 6.54 Å². The van der Waals surface area contributed by atoms with E-state index in [0.717, 1.165) is 16.6 Å². The van der Waals surface area contributed by atoms with E-state index in [1.807, 2.05) is 30.5 Å². The van der Waals surface area contributed by atoms with Gasteiger partial charge >= 0.3 is 0 Å². The van der Waals surface area contributed by atoms with Crippen molar-refractivity contribution in [2.45, 2.75) is 12.6 Å². The van der Waals surface area contributed by atoms with Crippen molar-refractivity contribution >= 4 is 34.3 Å². The van der Waals surface area contributed by atoms with E-state index in [9.17, 15) is 0 Å². The molecule has 3 heterocycles. The topological polar surface area (TPSA) is 24.9 Å². The molecule has 3 aromatic heterocycles. The minimum atomic E-state index is 0.175. The zero-order valence-corrected chi connectivity index (χ0v) is 13.0. The Balaban J connectivity index is 1.80. The normalized spacial score (nSPS) is 12.4. The quantitative estimate of drug-likeness (QED) is 0.734. The molecule has 1 N–H and O–H groups in total. The predicted octanol–water partition coefficient (Wildman–Crippen LogP) is 4.74. The number of pyridine rings is 1. The van der Waals surface area contributed by atoms with Gasteiger partial charge in [0.1, 0.15) is 0 Å². The fourth-order valence-corrected chi connectivity index (χ4v) is 4.04. The van der Waals surface area contributed by atoms with Crippen LogP contribution in [0.2, 0.25) is 4.34 Å². The summed E-state index contributed by atoms with van der Waals surface area (Å²) in [5.41, 5.74) is 1.04. The third kappa shape index (κ3) is 3.27. The summed E-state index contributed by atoms with van der Waals surface area (Å²) in [4.78, 5) is 6.87. The Hall–Kier alpha value is -1.20. The summed E-state index contributed by atoms with van der Waals surface area (Å²) in [6.07, 6.45) is 1.82. The Bertz CT molecular complexity index is 650. The molecule has 102 valence electrons. The van der Waals surface area contributed by atoms with Crippen molar-refractivity contribution in [1.82, 2.24) is 10.3 Å². The van der Waals surface area contributed by atoms with E-state index in [0.29, 0.717) is 0 Å². The average Bonchev–Trinajstić information content (AvgIpc) is 3.13. The van der Waals surface area contributed by atoms with Crippen molar-refractivity contribution in [1.29, 1.82) is 0 Å². The van der Waals surface area contributed by atoms with Crippen molar-refractivity contribution in [2.75, 3.05) is 0 Å². The van der Waals surface area contributed by atoms with Crippen LogP contribution in [0, 0.1) is 0 Å². The van der Waals surface area contributed by atoms with Gasteiger partial charge in [-0.1, -0.05) is 23.7 Å². The summed E-state index contributed by atoms with van der Waals surface area (Å²) in [6, 6.07) is 14.4. The number of hydrogen-bond donors (Lipinski definition) is 1. The van der Waals surface area contributed by atoms with Crippen LogP contribution < -0.4 is 5.32 Å². The molecule has 0 radical (unpaired) electrons. The first-order valence-electron chi connectivity index (χ1n) is 6.25. The van der Waals surface area contributed by atoms with E-state index < -0.39 is 0 Å². The van der Waals surface area contributed by atoms with Gasteiger partial charge in [0.15, 0.2) is 0 Å². The molecule has 1 atom stereocenters. The third-order valence-electron chi connectivity index (χ3n) is 2.92. The molecule has 0 aliphatic rings. The molecule has 0 bridgehead atoms. The fraction of sp³-hybridized carbons (Fsp3) is 0.133. The lowest BCUT2D eigenvalue weighted by Crippen LogP contribution is -2.20. The van der Waals surface area contributed by atoms with Crippen molar-refractivity contribution in [3.8, 4) is 0 Å². The molecule has 3 aromatic rings. The first kappa shape index (κ1) is 13.8. The van der Waals surface area contributed by atoms with Crippen LogP contribution in [-0.4, -0.2) is 4.98 Å². The zero-order valence-electron chi connectivity index (χ0n) is 10.6. The number of rotatable bonds is 5. The molecule has 5 heteroatoms. The smallest absolute Gasteiger partial charge is 0.0931 e. The number of hydrogen-bond acceptors (Lipinski definition) is 4. The first-order chi connectivity index (χ1) is 9.83. The van der Waals surface area contributed by atoms with E-state index in [4.69, 9.17) is 11.6 Å². The number of nitrogens with one attached hydrogen (secondary N) is 1. The number of aromatic nitrogens is 1. The van der Waals surface area contributed by atoms with Crippen LogP contribution in [0.15, 0.2) is 54.0 Å². The van der Waals surface area contributed by atoms with Gasteiger partial charge in [0, 0.05) is 22.5 Å². The SMILES string of the molecule is Clc1ccc(C(NCc2ccccn2)c2cccs2)s1.